The molecule has 0 spiro atoms. The number of hydrogen-bond donors (Lipinski definition) is 1. The average molecular weight is 486 g/mol. The van der Waals surface area contributed by atoms with Gasteiger partial charge in [0.2, 0.25) is 5.91 Å². The molecule has 2 aromatic carbocycles. The molecule has 164 valence electrons. The summed E-state index contributed by atoms with van der Waals surface area (Å²) in [5.41, 5.74) is 5.44. The molecule has 0 aliphatic heterocycles. The molecule has 0 aliphatic rings. The van der Waals surface area contributed by atoms with Gasteiger partial charge < -0.3 is 19.2 Å². The monoisotopic (exact) mass is 485 g/mol. The van der Waals surface area contributed by atoms with E-state index in [-0.39, 0.29) is 11.9 Å². The second-order valence-corrected chi connectivity index (χ2v) is 8.46. The summed E-state index contributed by atoms with van der Waals surface area (Å²) in [5.74, 6) is 0.568. The van der Waals surface area contributed by atoms with E-state index in [1.54, 1.807) is 19.4 Å². The second-order valence-electron chi connectivity index (χ2n) is 7.54. The topological polar surface area (TPSA) is 60.7 Å². The Kier molecular flexibility index (Phi) is 7.57. The standard InChI is InChI=1S/C25H28BrNO4/c1-6-30-24-17(4)25-21(22(14-31-25)18-8-7-9-19(26)11-18)12-20(24)15(2)10-23(28)27-16(3)13-29-5/h7-12,14,16H,6,13H2,1-5H3,(H,27,28)/b15-10+. The maximum absolute atomic E-state index is 12.5. The fourth-order valence-corrected chi connectivity index (χ4v) is 4.07. The molecule has 0 fully saturated rings. The SMILES string of the molecule is CCOc1c(/C(C)=C/C(=O)NC(C)COC)cc2c(-c3cccc(Br)c3)coc2c1C. The van der Waals surface area contributed by atoms with E-state index < -0.39 is 0 Å². The zero-order valence-corrected chi connectivity index (χ0v) is 20.1. The third-order valence-corrected chi connectivity index (χ3v) is 5.54. The number of methoxy groups -OCH3 is 1. The van der Waals surface area contributed by atoms with Gasteiger partial charge in [-0.15, -0.1) is 0 Å². The summed E-state index contributed by atoms with van der Waals surface area (Å²) in [6, 6.07) is 10.1. The van der Waals surface area contributed by atoms with Crippen molar-refractivity contribution >= 4 is 38.4 Å². The molecule has 6 heteroatoms. The van der Waals surface area contributed by atoms with Crippen LogP contribution in [0.2, 0.25) is 0 Å². The van der Waals surface area contributed by atoms with Gasteiger partial charge in [0, 0.05) is 45.8 Å². The quantitative estimate of drug-likeness (QED) is 0.390. The van der Waals surface area contributed by atoms with Crippen molar-refractivity contribution in [2.75, 3.05) is 20.3 Å². The third kappa shape index (κ3) is 5.20. The highest BCUT2D eigenvalue weighted by atomic mass is 79.9. The fraction of sp³-hybridized carbons (Fsp3) is 0.320. The van der Waals surface area contributed by atoms with E-state index in [0.717, 1.165) is 49.0 Å². The highest BCUT2D eigenvalue weighted by Gasteiger charge is 2.19. The van der Waals surface area contributed by atoms with E-state index in [1.807, 2.05) is 52.0 Å². The van der Waals surface area contributed by atoms with E-state index in [4.69, 9.17) is 13.9 Å². The van der Waals surface area contributed by atoms with Crippen molar-refractivity contribution in [2.24, 2.45) is 0 Å². The summed E-state index contributed by atoms with van der Waals surface area (Å²) < 4.78 is 18.0. The van der Waals surface area contributed by atoms with Crippen LogP contribution in [0, 0.1) is 6.92 Å². The Hall–Kier alpha value is -2.57. The van der Waals surface area contributed by atoms with Gasteiger partial charge in [0.05, 0.1) is 19.5 Å². The molecule has 1 amide bonds. The van der Waals surface area contributed by atoms with Crippen LogP contribution in [0.3, 0.4) is 0 Å². The van der Waals surface area contributed by atoms with Crippen molar-refractivity contribution in [2.45, 2.75) is 33.7 Å². The number of benzene rings is 2. The minimum absolute atomic E-state index is 0.0749. The van der Waals surface area contributed by atoms with E-state index in [9.17, 15) is 4.79 Å². The van der Waals surface area contributed by atoms with Gasteiger partial charge in [-0.25, -0.2) is 0 Å². The van der Waals surface area contributed by atoms with Crippen LogP contribution < -0.4 is 10.1 Å². The summed E-state index contributed by atoms with van der Waals surface area (Å²) in [4.78, 5) is 12.5. The first-order valence-electron chi connectivity index (χ1n) is 10.3. The summed E-state index contributed by atoms with van der Waals surface area (Å²) in [6.07, 6.45) is 3.38. The smallest absolute Gasteiger partial charge is 0.244 e. The van der Waals surface area contributed by atoms with Crippen molar-refractivity contribution in [3.63, 3.8) is 0 Å². The van der Waals surface area contributed by atoms with Crippen molar-refractivity contribution in [1.29, 1.82) is 0 Å². The number of nitrogens with one attached hydrogen (secondary N) is 1. The molecular weight excluding hydrogens is 458 g/mol. The Balaban J connectivity index is 2.10. The molecule has 0 saturated carbocycles. The Morgan fingerprint density at radius 3 is 2.77 bits per heavy atom. The maximum atomic E-state index is 12.5. The van der Waals surface area contributed by atoms with Gasteiger partial charge in [-0.3, -0.25) is 4.79 Å². The number of carbonyl (C=O) groups is 1. The molecule has 0 bridgehead atoms. The molecular formula is C25H28BrNO4. The molecule has 3 rings (SSSR count). The normalized spacial score (nSPS) is 12.8. The summed E-state index contributed by atoms with van der Waals surface area (Å²) in [7, 11) is 1.61. The van der Waals surface area contributed by atoms with Crippen LogP contribution in [0.5, 0.6) is 5.75 Å². The zero-order chi connectivity index (χ0) is 22.5. The Morgan fingerprint density at radius 2 is 2.10 bits per heavy atom. The van der Waals surface area contributed by atoms with E-state index in [1.165, 1.54) is 0 Å². The second kappa shape index (κ2) is 10.2. The number of allylic oxidation sites excluding steroid dienone is 1. The molecule has 1 N–H and O–H groups in total. The van der Waals surface area contributed by atoms with Gasteiger partial charge in [0.15, 0.2) is 0 Å². The first-order chi connectivity index (χ1) is 14.8. The highest BCUT2D eigenvalue weighted by Crippen LogP contribution is 2.41. The molecule has 1 heterocycles. The third-order valence-electron chi connectivity index (χ3n) is 5.05. The predicted molar refractivity (Wildman–Crippen MR) is 128 cm³/mol. The Morgan fingerprint density at radius 1 is 1.32 bits per heavy atom. The molecule has 5 nitrogen and oxygen atoms in total. The minimum atomic E-state index is -0.165. The zero-order valence-electron chi connectivity index (χ0n) is 18.5. The number of ether oxygens (including phenoxy) is 2. The van der Waals surface area contributed by atoms with Gasteiger partial charge in [0.1, 0.15) is 11.3 Å². The van der Waals surface area contributed by atoms with Crippen LogP contribution in [-0.4, -0.2) is 32.3 Å². The first kappa shape index (κ1) is 23.1. The largest absolute Gasteiger partial charge is 0.493 e. The number of halogens is 1. The van der Waals surface area contributed by atoms with Crippen molar-refractivity contribution in [3.8, 4) is 16.9 Å². The van der Waals surface area contributed by atoms with Crippen LogP contribution in [0.1, 0.15) is 31.9 Å². The van der Waals surface area contributed by atoms with Gasteiger partial charge in [0.25, 0.3) is 0 Å². The maximum Gasteiger partial charge on any atom is 0.244 e. The van der Waals surface area contributed by atoms with Crippen LogP contribution in [0.25, 0.3) is 27.7 Å². The summed E-state index contributed by atoms with van der Waals surface area (Å²) in [6.45, 7) is 8.73. The molecule has 1 aromatic heterocycles. The molecule has 0 saturated heterocycles. The number of amides is 1. The van der Waals surface area contributed by atoms with Crippen molar-refractivity contribution in [1.82, 2.24) is 5.32 Å². The number of fused-ring (bicyclic) bond motifs is 1. The van der Waals surface area contributed by atoms with Crippen LogP contribution in [0.15, 0.2) is 51.6 Å². The van der Waals surface area contributed by atoms with E-state index in [2.05, 4.69) is 27.3 Å². The van der Waals surface area contributed by atoms with Crippen LogP contribution in [-0.2, 0) is 9.53 Å². The van der Waals surface area contributed by atoms with Gasteiger partial charge >= 0.3 is 0 Å². The molecule has 1 atom stereocenters. The number of aryl methyl sites for hydroxylation is 1. The Labute approximate surface area is 191 Å². The van der Waals surface area contributed by atoms with Gasteiger partial charge in [-0.1, -0.05) is 28.1 Å². The summed E-state index contributed by atoms with van der Waals surface area (Å²) >= 11 is 3.54. The minimum Gasteiger partial charge on any atom is -0.493 e. The van der Waals surface area contributed by atoms with Crippen LogP contribution in [0.4, 0.5) is 0 Å². The number of rotatable bonds is 8. The van der Waals surface area contributed by atoms with E-state index in [0.29, 0.717) is 13.2 Å². The fourth-order valence-electron chi connectivity index (χ4n) is 3.67. The number of furan rings is 1. The first-order valence-corrected chi connectivity index (χ1v) is 11.1. The molecule has 3 aromatic rings. The molecule has 1 unspecified atom stereocenters. The van der Waals surface area contributed by atoms with Crippen molar-refractivity contribution in [3.05, 3.63) is 58.3 Å². The lowest BCUT2D eigenvalue weighted by Gasteiger charge is -2.15. The summed E-state index contributed by atoms with van der Waals surface area (Å²) in [5, 5.41) is 3.90. The number of carbonyl (C=O) groups excluding carboxylic acids is 1. The lowest BCUT2D eigenvalue weighted by molar-refractivity contribution is -0.117. The van der Waals surface area contributed by atoms with Crippen molar-refractivity contribution < 1.29 is 18.7 Å². The predicted octanol–water partition coefficient (Wildman–Crippen LogP) is 6.12. The molecule has 31 heavy (non-hydrogen) atoms. The average Bonchev–Trinajstić information content (AvgIpc) is 3.14. The van der Waals surface area contributed by atoms with Crippen LogP contribution >= 0.6 is 15.9 Å². The van der Waals surface area contributed by atoms with Gasteiger partial charge in [-0.05, 0) is 57.0 Å². The molecule has 0 aliphatic carbocycles. The lowest BCUT2D eigenvalue weighted by atomic mass is 9.96. The van der Waals surface area contributed by atoms with E-state index >= 15 is 0 Å². The lowest BCUT2D eigenvalue weighted by Crippen LogP contribution is -2.34. The van der Waals surface area contributed by atoms with Gasteiger partial charge in [-0.2, -0.15) is 0 Å². The number of hydrogen-bond acceptors (Lipinski definition) is 4. The molecule has 0 radical (unpaired) electrons. The Bertz CT molecular complexity index is 1120. The highest BCUT2D eigenvalue weighted by molar-refractivity contribution is 9.10.